The number of hydrogen-bond donors (Lipinski definition) is 6. The van der Waals surface area contributed by atoms with Crippen LogP contribution in [0.4, 0.5) is 17.5 Å². The SMILES string of the molecule is COC(=O)[C@H](CCC(=O)Nc1ccccc1-c1nn[nH]n1)NC(=O)c1ccc(CCc2c[nH]c3nc(N)nc(N)c23)cc1. The van der Waals surface area contributed by atoms with Gasteiger partial charge in [0.15, 0.2) is 0 Å². The van der Waals surface area contributed by atoms with Crippen LogP contribution in [-0.4, -0.2) is 66.5 Å². The molecule has 0 fully saturated rings. The van der Waals surface area contributed by atoms with Crippen LogP contribution >= 0.6 is 0 Å². The lowest BCUT2D eigenvalue weighted by Crippen LogP contribution is -2.42. The van der Waals surface area contributed by atoms with Crippen LogP contribution in [0.5, 0.6) is 0 Å². The molecule has 3 aromatic heterocycles. The number of aromatic amines is 2. The lowest BCUT2D eigenvalue weighted by atomic mass is 10.0. The molecule has 0 radical (unpaired) electrons. The Morgan fingerprint density at radius 2 is 1.81 bits per heavy atom. The molecule has 15 nitrogen and oxygen atoms in total. The Morgan fingerprint density at radius 1 is 1.02 bits per heavy atom. The third-order valence-corrected chi connectivity index (χ3v) is 6.80. The van der Waals surface area contributed by atoms with Gasteiger partial charge in [-0.1, -0.05) is 24.3 Å². The van der Waals surface area contributed by atoms with Crippen molar-refractivity contribution in [3.05, 3.63) is 71.4 Å². The third kappa shape index (κ3) is 6.73. The molecule has 220 valence electrons. The van der Waals surface area contributed by atoms with Crippen molar-refractivity contribution in [2.24, 2.45) is 0 Å². The van der Waals surface area contributed by atoms with E-state index in [1.54, 1.807) is 36.4 Å². The summed E-state index contributed by atoms with van der Waals surface area (Å²) < 4.78 is 4.86. The van der Waals surface area contributed by atoms with Crippen LogP contribution in [0.15, 0.2) is 54.7 Å². The minimum Gasteiger partial charge on any atom is -0.467 e. The van der Waals surface area contributed by atoms with Crippen LogP contribution in [0.3, 0.4) is 0 Å². The first kappa shape index (κ1) is 28.7. The Bertz CT molecular complexity index is 1750. The number of para-hydroxylation sites is 1. The monoisotopic (exact) mass is 583 g/mol. The van der Waals surface area contributed by atoms with Gasteiger partial charge in [0.25, 0.3) is 5.91 Å². The van der Waals surface area contributed by atoms with E-state index in [4.69, 9.17) is 16.2 Å². The topological polar surface area (TPSA) is 233 Å². The molecule has 43 heavy (non-hydrogen) atoms. The minimum atomic E-state index is -1.03. The Kier molecular flexibility index (Phi) is 8.50. The van der Waals surface area contributed by atoms with Crippen molar-refractivity contribution in [3.8, 4) is 11.4 Å². The van der Waals surface area contributed by atoms with Gasteiger partial charge in [0.1, 0.15) is 17.5 Å². The Labute approximate surface area is 244 Å². The number of rotatable bonds is 11. The number of esters is 1. The van der Waals surface area contributed by atoms with E-state index in [0.29, 0.717) is 46.9 Å². The third-order valence-electron chi connectivity index (χ3n) is 6.80. The zero-order valence-electron chi connectivity index (χ0n) is 23.1. The van der Waals surface area contributed by atoms with Crippen molar-refractivity contribution in [2.45, 2.75) is 31.7 Å². The summed E-state index contributed by atoms with van der Waals surface area (Å²) in [4.78, 5) is 49.4. The summed E-state index contributed by atoms with van der Waals surface area (Å²) in [5.41, 5.74) is 15.6. The molecule has 0 bridgehead atoms. The first-order chi connectivity index (χ1) is 20.8. The van der Waals surface area contributed by atoms with Gasteiger partial charge in [-0.05, 0) is 59.9 Å². The fourth-order valence-electron chi connectivity index (χ4n) is 4.63. The van der Waals surface area contributed by atoms with Gasteiger partial charge < -0.3 is 31.8 Å². The van der Waals surface area contributed by atoms with Crippen LogP contribution in [0.25, 0.3) is 22.4 Å². The molecule has 3 heterocycles. The minimum absolute atomic E-state index is 0.0236. The number of carbonyl (C=O) groups is 3. The molecular formula is C28H29N11O4. The number of nitrogens with one attached hydrogen (secondary N) is 4. The summed E-state index contributed by atoms with van der Waals surface area (Å²) in [6, 6.07) is 13.0. The van der Waals surface area contributed by atoms with E-state index in [1.807, 2.05) is 18.3 Å². The normalized spacial score (nSPS) is 11.7. The van der Waals surface area contributed by atoms with Crippen molar-refractivity contribution in [1.29, 1.82) is 0 Å². The average Bonchev–Trinajstić information content (AvgIpc) is 3.69. The van der Waals surface area contributed by atoms with Gasteiger partial charge in [-0.3, -0.25) is 9.59 Å². The number of aryl methyl sites for hydroxylation is 2. The van der Waals surface area contributed by atoms with E-state index in [9.17, 15) is 14.4 Å². The molecule has 2 aromatic carbocycles. The number of methoxy groups -OCH3 is 1. The lowest BCUT2D eigenvalue weighted by Gasteiger charge is -2.17. The summed E-state index contributed by atoms with van der Waals surface area (Å²) in [5, 5.41) is 20.0. The molecule has 5 aromatic rings. The molecule has 0 saturated heterocycles. The molecule has 0 aliphatic rings. The predicted octanol–water partition coefficient (Wildman–Crippen LogP) is 1.78. The molecule has 0 aliphatic heterocycles. The average molecular weight is 584 g/mol. The van der Waals surface area contributed by atoms with E-state index in [-0.39, 0.29) is 24.7 Å². The van der Waals surface area contributed by atoms with E-state index < -0.39 is 17.9 Å². The van der Waals surface area contributed by atoms with Gasteiger partial charge in [0.05, 0.1) is 18.2 Å². The van der Waals surface area contributed by atoms with Crippen LogP contribution < -0.4 is 22.1 Å². The second-order valence-electron chi connectivity index (χ2n) is 9.62. The van der Waals surface area contributed by atoms with Gasteiger partial charge in [-0.2, -0.15) is 15.2 Å². The highest BCUT2D eigenvalue weighted by molar-refractivity contribution is 5.98. The van der Waals surface area contributed by atoms with Crippen LogP contribution in [-0.2, 0) is 27.2 Å². The quantitative estimate of drug-likeness (QED) is 0.123. The number of aromatic nitrogens is 7. The number of anilines is 3. The Balaban J connectivity index is 1.17. The molecule has 8 N–H and O–H groups in total. The highest BCUT2D eigenvalue weighted by Crippen LogP contribution is 2.25. The van der Waals surface area contributed by atoms with Crippen molar-refractivity contribution < 1.29 is 19.1 Å². The second kappa shape index (κ2) is 12.8. The van der Waals surface area contributed by atoms with Crippen molar-refractivity contribution in [3.63, 3.8) is 0 Å². The Morgan fingerprint density at radius 3 is 2.56 bits per heavy atom. The summed E-state index contributed by atoms with van der Waals surface area (Å²) in [5.74, 6) is -0.748. The number of nitrogens with two attached hydrogens (primary N) is 2. The molecule has 0 aliphatic carbocycles. The lowest BCUT2D eigenvalue weighted by molar-refractivity contribution is -0.143. The molecule has 1 atom stereocenters. The summed E-state index contributed by atoms with van der Waals surface area (Å²) >= 11 is 0. The molecule has 0 unspecified atom stereocenters. The summed E-state index contributed by atoms with van der Waals surface area (Å²) in [6.07, 6.45) is 3.13. The zero-order valence-corrected chi connectivity index (χ0v) is 23.1. The summed E-state index contributed by atoms with van der Waals surface area (Å²) in [6.45, 7) is 0. The maximum Gasteiger partial charge on any atom is 0.328 e. The number of amides is 2. The molecule has 0 saturated carbocycles. The van der Waals surface area contributed by atoms with Gasteiger partial charge in [-0.15, -0.1) is 10.2 Å². The largest absolute Gasteiger partial charge is 0.467 e. The number of hydrogen-bond acceptors (Lipinski definition) is 11. The first-order valence-electron chi connectivity index (χ1n) is 13.3. The number of fused-ring (bicyclic) bond motifs is 1. The second-order valence-corrected chi connectivity index (χ2v) is 9.62. The van der Waals surface area contributed by atoms with Gasteiger partial charge >= 0.3 is 5.97 Å². The number of carbonyl (C=O) groups excluding carboxylic acids is 3. The molecular weight excluding hydrogens is 554 g/mol. The van der Waals surface area contributed by atoms with Crippen LogP contribution in [0.1, 0.15) is 34.3 Å². The van der Waals surface area contributed by atoms with E-state index in [1.165, 1.54) is 7.11 Å². The number of H-pyrrole nitrogens is 2. The fraction of sp³-hybridized carbons (Fsp3) is 0.214. The highest BCUT2D eigenvalue weighted by atomic mass is 16.5. The first-order valence-corrected chi connectivity index (χ1v) is 13.3. The van der Waals surface area contributed by atoms with Crippen LogP contribution in [0, 0.1) is 0 Å². The van der Waals surface area contributed by atoms with Gasteiger partial charge in [0.2, 0.25) is 17.7 Å². The van der Waals surface area contributed by atoms with Crippen molar-refractivity contribution in [1.82, 2.24) is 40.9 Å². The number of benzene rings is 2. The number of nitrogen functional groups attached to an aromatic ring is 2. The Hall–Kier alpha value is -5.86. The molecule has 5 rings (SSSR count). The zero-order chi connectivity index (χ0) is 30.3. The maximum atomic E-state index is 13.0. The maximum absolute atomic E-state index is 13.0. The number of tetrazole rings is 1. The van der Waals surface area contributed by atoms with E-state index in [2.05, 4.69) is 46.2 Å². The molecule has 15 heteroatoms. The van der Waals surface area contributed by atoms with Crippen LogP contribution in [0.2, 0.25) is 0 Å². The molecule has 0 spiro atoms. The van der Waals surface area contributed by atoms with Crippen molar-refractivity contribution >= 4 is 46.3 Å². The number of nitrogens with zero attached hydrogens (tertiary/aromatic N) is 5. The summed E-state index contributed by atoms with van der Waals surface area (Å²) in [7, 11) is 1.22. The smallest absolute Gasteiger partial charge is 0.328 e. The standard InChI is InChI=1S/C28H29N11O4/c1-43-27(42)20(12-13-21(40)32-19-5-3-2-4-18(19)24-36-38-39-37-24)33-26(41)16-9-6-15(7-10-16)8-11-17-14-31-25-22(17)23(29)34-28(30)35-25/h2-7,9-10,14,20H,8,11-13H2,1H3,(H,32,40)(H,33,41)(H,36,37,38,39)(H5,29,30,31,34,35)/t20-/m0/s1. The molecule has 2 amide bonds. The van der Waals surface area contributed by atoms with Crippen molar-refractivity contribution in [2.75, 3.05) is 23.9 Å². The van der Waals surface area contributed by atoms with Gasteiger partial charge in [0, 0.05) is 23.7 Å². The fourth-order valence-corrected chi connectivity index (χ4v) is 4.63. The van der Waals surface area contributed by atoms with E-state index in [0.717, 1.165) is 16.5 Å². The highest BCUT2D eigenvalue weighted by Gasteiger charge is 2.24. The van der Waals surface area contributed by atoms with Gasteiger partial charge in [-0.25, -0.2) is 4.79 Å². The predicted molar refractivity (Wildman–Crippen MR) is 157 cm³/mol. The number of ether oxygens (including phenoxy) is 1. The van der Waals surface area contributed by atoms with E-state index >= 15 is 0 Å².